The van der Waals surface area contributed by atoms with E-state index < -0.39 is 0 Å². The first kappa shape index (κ1) is 18.4. The van der Waals surface area contributed by atoms with E-state index in [4.69, 9.17) is 14.7 Å². The number of nitrogens with zero attached hydrogens (tertiary/aromatic N) is 6. The Morgan fingerprint density at radius 1 is 1.00 bits per heavy atom. The Labute approximate surface area is 161 Å². The molecule has 27 heavy (non-hydrogen) atoms. The van der Waals surface area contributed by atoms with Crippen LogP contribution >= 0.6 is 0 Å². The van der Waals surface area contributed by atoms with Gasteiger partial charge in [-0.05, 0) is 19.9 Å². The van der Waals surface area contributed by atoms with Gasteiger partial charge < -0.3 is 24.3 Å². The molecule has 1 amide bonds. The van der Waals surface area contributed by atoms with Crippen molar-refractivity contribution in [2.24, 2.45) is 0 Å². The predicted octanol–water partition coefficient (Wildman–Crippen LogP) is 0.360. The Bertz CT molecular complexity index is 683. The number of amides is 1. The third kappa shape index (κ3) is 3.87. The average Bonchev–Trinajstić information content (AvgIpc) is 3.22. The molecule has 0 bridgehead atoms. The molecule has 8 nitrogen and oxygen atoms in total. The summed E-state index contributed by atoms with van der Waals surface area (Å²) in [5.41, 5.74) is 2.24. The predicted molar refractivity (Wildman–Crippen MR) is 104 cm³/mol. The average molecular weight is 374 g/mol. The molecule has 8 heteroatoms. The van der Waals surface area contributed by atoms with Gasteiger partial charge >= 0.3 is 0 Å². The minimum atomic E-state index is 0.0404. The number of ether oxygens (including phenoxy) is 1. The van der Waals surface area contributed by atoms with E-state index in [9.17, 15) is 4.79 Å². The maximum atomic E-state index is 12.3. The third-order valence-corrected chi connectivity index (χ3v) is 5.84. The van der Waals surface area contributed by atoms with Crippen molar-refractivity contribution in [1.29, 1.82) is 0 Å². The lowest BCUT2D eigenvalue weighted by Crippen LogP contribution is -2.46. The van der Waals surface area contributed by atoms with Crippen LogP contribution in [0.1, 0.15) is 24.1 Å². The lowest BCUT2D eigenvalue weighted by Gasteiger charge is -2.35. The Balaban J connectivity index is 1.64. The second-order valence-corrected chi connectivity index (χ2v) is 7.76. The zero-order chi connectivity index (χ0) is 18.8. The van der Waals surface area contributed by atoms with E-state index in [-0.39, 0.29) is 12.5 Å². The van der Waals surface area contributed by atoms with Crippen molar-refractivity contribution in [1.82, 2.24) is 19.8 Å². The van der Waals surface area contributed by atoms with Crippen molar-refractivity contribution in [3.8, 4) is 0 Å². The normalized spacial score (nSPS) is 20.9. The highest BCUT2D eigenvalue weighted by Crippen LogP contribution is 2.31. The standard InChI is InChI=1S/C19H30N6O2/c1-22-9-11-24(12-10-22)19-20-16-5-8-25(17(26)14-27-2)13-15(16)18(21-19)23-6-3-4-7-23/h3-14H2,1-2H3. The topological polar surface area (TPSA) is 65.0 Å². The molecule has 0 radical (unpaired) electrons. The molecule has 0 N–H and O–H groups in total. The molecule has 2 saturated heterocycles. The van der Waals surface area contributed by atoms with Gasteiger partial charge in [0, 0.05) is 64.9 Å². The summed E-state index contributed by atoms with van der Waals surface area (Å²) in [5, 5.41) is 0. The molecule has 0 aliphatic carbocycles. The van der Waals surface area contributed by atoms with E-state index in [1.165, 1.54) is 12.8 Å². The molecular formula is C19H30N6O2. The minimum absolute atomic E-state index is 0.0404. The maximum Gasteiger partial charge on any atom is 0.248 e. The highest BCUT2D eigenvalue weighted by molar-refractivity contribution is 5.78. The van der Waals surface area contributed by atoms with Crippen LogP contribution in [0.25, 0.3) is 0 Å². The van der Waals surface area contributed by atoms with Crippen LogP contribution in [0, 0.1) is 0 Å². The van der Waals surface area contributed by atoms with Crippen LogP contribution in [0.15, 0.2) is 0 Å². The van der Waals surface area contributed by atoms with Crippen molar-refractivity contribution in [2.75, 3.05) is 76.4 Å². The van der Waals surface area contributed by atoms with Crippen LogP contribution in [0.4, 0.5) is 11.8 Å². The largest absolute Gasteiger partial charge is 0.375 e. The van der Waals surface area contributed by atoms with Crippen molar-refractivity contribution in [3.05, 3.63) is 11.3 Å². The summed E-state index contributed by atoms with van der Waals surface area (Å²) in [5.74, 6) is 1.94. The molecule has 4 rings (SSSR count). The van der Waals surface area contributed by atoms with E-state index in [2.05, 4.69) is 21.7 Å². The monoisotopic (exact) mass is 374 g/mol. The SMILES string of the molecule is COCC(=O)N1CCc2nc(N3CCN(C)CC3)nc(N3CCCC3)c2C1. The molecule has 1 aromatic rings. The molecule has 148 valence electrons. The summed E-state index contributed by atoms with van der Waals surface area (Å²) in [4.78, 5) is 31.2. The van der Waals surface area contributed by atoms with Crippen LogP contribution in [0.5, 0.6) is 0 Å². The number of fused-ring (bicyclic) bond motifs is 1. The Morgan fingerprint density at radius 2 is 1.74 bits per heavy atom. The van der Waals surface area contributed by atoms with Crippen molar-refractivity contribution < 1.29 is 9.53 Å². The quantitative estimate of drug-likeness (QED) is 0.754. The Hall–Kier alpha value is -1.93. The highest BCUT2D eigenvalue weighted by atomic mass is 16.5. The molecule has 0 saturated carbocycles. The molecule has 1 aromatic heterocycles. The zero-order valence-corrected chi connectivity index (χ0v) is 16.5. The first-order valence-corrected chi connectivity index (χ1v) is 10.0. The molecule has 3 aliphatic heterocycles. The molecule has 4 heterocycles. The van der Waals surface area contributed by atoms with Crippen LogP contribution in [0.2, 0.25) is 0 Å². The fraction of sp³-hybridized carbons (Fsp3) is 0.737. The molecule has 0 atom stereocenters. The Kier molecular flexibility index (Phi) is 5.45. The van der Waals surface area contributed by atoms with E-state index in [1.807, 2.05) is 4.90 Å². The van der Waals surface area contributed by atoms with Crippen molar-refractivity contribution in [3.63, 3.8) is 0 Å². The number of anilines is 2. The van der Waals surface area contributed by atoms with E-state index >= 15 is 0 Å². The first-order valence-electron chi connectivity index (χ1n) is 10.0. The lowest BCUT2D eigenvalue weighted by molar-refractivity contribution is -0.136. The molecule has 2 fully saturated rings. The lowest BCUT2D eigenvalue weighted by atomic mass is 10.1. The van der Waals surface area contributed by atoms with E-state index in [0.29, 0.717) is 13.1 Å². The molecule has 0 spiro atoms. The number of likely N-dealkylation sites (N-methyl/N-ethyl adjacent to an activating group) is 1. The smallest absolute Gasteiger partial charge is 0.248 e. The number of carbonyl (C=O) groups is 1. The van der Waals surface area contributed by atoms with Crippen LogP contribution < -0.4 is 9.80 Å². The molecule has 3 aliphatic rings. The van der Waals surface area contributed by atoms with Gasteiger partial charge in [0.25, 0.3) is 0 Å². The summed E-state index contributed by atoms with van der Waals surface area (Å²) < 4.78 is 5.04. The number of rotatable bonds is 4. The van der Waals surface area contributed by atoms with E-state index in [0.717, 1.165) is 68.7 Å². The second kappa shape index (κ2) is 7.98. The summed E-state index contributed by atoms with van der Waals surface area (Å²) >= 11 is 0. The van der Waals surface area contributed by atoms with Crippen LogP contribution in [-0.4, -0.2) is 92.3 Å². The van der Waals surface area contributed by atoms with Crippen molar-refractivity contribution in [2.45, 2.75) is 25.8 Å². The number of carbonyl (C=O) groups excluding carboxylic acids is 1. The Morgan fingerprint density at radius 3 is 2.44 bits per heavy atom. The zero-order valence-electron chi connectivity index (χ0n) is 16.5. The number of methoxy groups -OCH3 is 1. The van der Waals surface area contributed by atoms with Gasteiger partial charge in [0.05, 0.1) is 12.2 Å². The van der Waals surface area contributed by atoms with Crippen LogP contribution in [0.3, 0.4) is 0 Å². The fourth-order valence-electron chi connectivity index (χ4n) is 4.15. The highest BCUT2D eigenvalue weighted by Gasteiger charge is 2.30. The number of hydrogen-bond acceptors (Lipinski definition) is 7. The molecule has 0 unspecified atom stereocenters. The molecule has 0 aromatic carbocycles. The van der Waals surface area contributed by atoms with Gasteiger partial charge in [0.1, 0.15) is 12.4 Å². The number of piperazine rings is 1. The maximum absolute atomic E-state index is 12.3. The summed E-state index contributed by atoms with van der Waals surface area (Å²) in [6, 6.07) is 0. The number of hydrogen-bond donors (Lipinski definition) is 0. The van der Waals surface area contributed by atoms with Gasteiger partial charge in [-0.15, -0.1) is 0 Å². The van der Waals surface area contributed by atoms with Gasteiger partial charge in [-0.2, -0.15) is 4.98 Å². The van der Waals surface area contributed by atoms with Gasteiger partial charge in [0.2, 0.25) is 11.9 Å². The van der Waals surface area contributed by atoms with Crippen molar-refractivity contribution >= 4 is 17.7 Å². The summed E-state index contributed by atoms with van der Waals surface area (Å²) in [6.07, 6.45) is 3.19. The van der Waals surface area contributed by atoms with Gasteiger partial charge in [0.15, 0.2) is 0 Å². The van der Waals surface area contributed by atoms with Gasteiger partial charge in [-0.1, -0.05) is 0 Å². The van der Waals surface area contributed by atoms with Gasteiger partial charge in [-0.3, -0.25) is 4.79 Å². The second-order valence-electron chi connectivity index (χ2n) is 7.76. The number of aromatic nitrogens is 2. The van der Waals surface area contributed by atoms with E-state index in [1.54, 1.807) is 7.11 Å². The summed E-state index contributed by atoms with van der Waals surface area (Å²) in [6.45, 7) is 7.52. The first-order chi connectivity index (χ1) is 13.2. The minimum Gasteiger partial charge on any atom is -0.375 e. The third-order valence-electron chi connectivity index (χ3n) is 5.84. The van der Waals surface area contributed by atoms with Crippen LogP contribution in [-0.2, 0) is 22.5 Å². The fourth-order valence-corrected chi connectivity index (χ4v) is 4.15. The summed E-state index contributed by atoms with van der Waals surface area (Å²) in [7, 11) is 3.73. The van der Waals surface area contributed by atoms with Gasteiger partial charge in [-0.25, -0.2) is 4.98 Å². The molecular weight excluding hydrogens is 344 g/mol.